The van der Waals surface area contributed by atoms with Crippen LogP contribution in [0, 0.1) is 16.0 Å². The van der Waals surface area contributed by atoms with Gasteiger partial charge in [0, 0.05) is 19.2 Å². The average molecular weight is 322 g/mol. The van der Waals surface area contributed by atoms with Crippen LogP contribution in [-0.4, -0.2) is 45.5 Å². The highest BCUT2D eigenvalue weighted by molar-refractivity contribution is 5.93. The van der Waals surface area contributed by atoms with E-state index in [4.69, 9.17) is 4.74 Å². The fraction of sp³-hybridized carbons (Fsp3) is 0.500. The van der Waals surface area contributed by atoms with Crippen molar-refractivity contribution in [2.75, 3.05) is 18.4 Å². The van der Waals surface area contributed by atoms with Gasteiger partial charge in [0.1, 0.15) is 17.6 Å². The van der Waals surface area contributed by atoms with Crippen LogP contribution >= 0.6 is 0 Å². The van der Waals surface area contributed by atoms with E-state index in [1.54, 1.807) is 20.8 Å². The Morgan fingerprint density at radius 3 is 2.52 bits per heavy atom. The first-order chi connectivity index (χ1) is 10.7. The number of hydrogen-bond acceptors (Lipinski definition) is 6. The van der Waals surface area contributed by atoms with Crippen LogP contribution in [-0.2, 0) is 9.53 Å². The lowest BCUT2D eigenvalue weighted by molar-refractivity contribution is -0.385. The summed E-state index contributed by atoms with van der Waals surface area (Å²) in [5.41, 5.74) is -0.727. The summed E-state index contributed by atoms with van der Waals surface area (Å²) in [6.07, 6.45) is 0.624. The molecule has 0 saturated carbocycles. The third-order valence-electron chi connectivity index (χ3n) is 3.11. The standard InChI is InChI=1S/C14H18N4O5/c1-14(2,3)23-13(20)17-7-9(8-17)12(19)16-11-5-4-10(6-15-11)18(21)22/h4-6,9H,7-8H2,1-3H3,(H,15,16,19). The summed E-state index contributed by atoms with van der Waals surface area (Å²) >= 11 is 0. The lowest BCUT2D eigenvalue weighted by Crippen LogP contribution is -2.55. The van der Waals surface area contributed by atoms with E-state index in [1.165, 1.54) is 17.0 Å². The molecule has 0 unspecified atom stereocenters. The zero-order valence-electron chi connectivity index (χ0n) is 13.1. The van der Waals surface area contributed by atoms with Gasteiger partial charge in [0.15, 0.2) is 0 Å². The Bertz CT molecular complexity index is 617. The van der Waals surface area contributed by atoms with Crippen molar-refractivity contribution in [2.45, 2.75) is 26.4 Å². The number of nitrogens with one attached hydrogen (secondary N) is 1. The molecule has 1 fully saturated rings. The smallest absolute Gasteiger partial charge is 0.410 e. The number of carbonyl (C=O) groups excluding carboxylic acids is 2. The summed E-state index contributed by atoms with van der Waals surface area (Å²) < 4.78 is 5.20. The van der Waals surface area contributed by atoms with E-state index >= 15 is 0 Å². The molecular weight excluding hydrogens is 304 g/mol. The second-order valence-corrected chi connectivity index (χ2v) is 6.23. The van der Waals surface area contributed by atoms with Gasteiger partial charge in [-0.25, -0.2) is 9.78 Å². The summed E-state index contributed by atoms with van der Waals surface area (Å²) in [7, 11) is 0. The zero-order valence-corrected chi connectivity index (χ0v) is 13.1. The number of carbonyl (C=O) groups is 2. The van der Waals surface area contributed by atoms with Crippen molar-refractivity contribution in [1.29, 1.82) is 0 Å². The highest BCUT2D eigenvalue weighted by atomic mass is 16.6. The predicted octanol–water partition coefficient (Wildman–Crippen LogP) is 1.80. The topological polar surface area (TPSA) is 115 Å². The van der Waals surface area contributed by atoms with Gasteiger partial charge in [0.05, 0.1) is 10.8 Å². The van der Waals surface area contributed by atoms with Crippen molar-refractivity contribution < 1.29 is 19.2 Å². The van der Waals surface area contributed by atoms with Crippen molar-refractivity contribution >= 4 is 23.5 Å². The van der Waals surface area contributed by atoms with E-state index in [2.05, 4.69) is 10.3 Å². The number of rotatable bonds is 3. The molecule has 23 heavy (non-hydrogen) atoms. The van der Waals surface area contributed by atoms with Crippen LogP contribution in [0.1, 0.15) is 20.8 Å². The van der Waals surface area contributed by atoms with Crippen LogP contribution in [0.4, 0.5) is 16.3 Å². The Morgan fingerprint density at radius 1 is 1.39 bits per heavy atom. The van der Waals surface area contributed by atoms with Gasteiger partial charge < -0.3 is 15.0 Å². The molecule has 0 spiro atoms. The number of anilines is 1. The summed E-state index contributed by atoms with van der Waals surface area (Å²) in [5.74, 6) is -0.401. The molecule has 1 aliphatic heterocycles. The van der Waals surface area contributed by atoms with Crippen LogP contribution in [0.15, 0.2) is 18.3 Å². The molecule has 0 radical (unpaired) electrons. The van der Waals surface area contributed by atoms with Gasteiger partial charge in [-0.1, -0.05) is 0 Å². The molecule has 2 rings (SSSR count). The molecule has 9 heteroatoms. The number of aromatic nitrogens is 1. The minimum atomic E-state index is -0.576. The molecule has 1 saturated heterocycles. The van der Waals surface area contributed by atoms with E-state index in [0.29, 0.717) is 0 Å². The van der Waals surface area contributed by atoms with Crippen LogP contribution in [0.2, 0.25) is 0 Å². The number of ether oxygens (including phenoxy) is 1. The molecular formula is C14H18N4O5. The number of nitro groups is 1. The predicted molar refractivity (Wildman–Crippen MR) is 80.8 cm³/mol. The van der Waals surface area contributed by atoms with Crippen LogP contribution in [0.5, 0.6) is 0 Å². The molecule has 1 aromatic heterocycles. The van der Waals surface area contributed by atoms with E-state index in [0.717, 1.165) is 6.20 Å². The van der Waals surface area contributed by atoms with Gasteiger partial charge in [-0.2, -0.15) is 0 Å². The first-order valence-corrected chi connectivity index (χ1v) is 7.05. The number of nitrogens with zero attached hydrogens (tertiary/aromatic N) is 3. The molecule has 0 bridgehead atoms. The van der Waals surface area contributed by atoms with E-state index in [-0.39, 0.29) is 36.4 Å². The van der Waals surface area contributed by atoms with Crippen molar-refractivity contribution in [3.8, 4) is 0 Å². The third-order valence-corrected chi connectivity index (χ3v) is 3.11. The second-order valence-electron chi connectivity index (χ2n) is 6.23. The van der Waals surface area contributed by atoms with Gasteiger partial charge in [-0.3, -0.25) is 14.9 Å². The van der Waals surface area contributed by atoms with Gasteiger partial charge in [-0.05, 0) is 26.8 Å². The Kier molecular flexibility index (Phi) is 4.48. The maximum atomic E-state index is 12.0. The highest BCUT2D eigenvalue weighted by Crippen LogP contribution is 2.21. The van der Waals surface area contributed by atoms with Crippen LogP contribution < -0.4 is 5.32 Å². The molecule has 0 atom stereocenters. The molecule has 9 nitrogen and oxygen atoms in total. The van der Waals surface area contributed by atoms with Gasteiger partial charge >= 0.3 is 6.09 Å². The molecule has 1 aromatic rings. The molecule has 0 aliphatic carbocycles. The average Bonchev–Trinajstić information content (AvgIpc) is 2.35. The van der Waals surface area contributed by atoms with E-state index < -0.39 is 16.6 Å². The lowest BCUT2D eigenvalue weighted by atomic mass is 10.00. The summed E-state index contributed by atoms with van der Waals surface area (Å²) in [4.78, 5) is 39.0. The lowest BCUT2D eigenvalue weighted by Gasteiger charge is -2.38. The Labute approximate surface area is 132 Å². The summed E-state index contributed by atoms with van der Waals surface area (Å²) in [5, 5.41) is 13.1. The van der Waals surface area contributed by atoms with Crippen molar-refractivity contribution in [1.82, 2.24) is 9.88 Å². The number of hydrogen-bond donors (Lipinski definition) is 1. The zero-order chi connectivity index (χ0) is 17.2. The van der Waals surface area contributed by atoms with Crippen molar-refractivity contribution in [3.05, 3.63) is 28.4 Å². The summed E-state index contributed by atoms with van der Waals surface area (Å²) in [6, 6.07) is 2.62. The maximum absolute atomic E-state index is 12.0. The minimum Gasteiger partial charge on any atom is -0.444 e. The van der Waals surface area contributed by atoms with Crippen molar-refractivity contribution in [3.63, 3.8) is 0 Å². The molecule has 1 aliphatic rings. The van der Waals surface area contributed by atoms with Gasteiger partial charge in [0.2, 0.25) is 5.91 Å². The maximum Gasteiger partial charge on any atom is 0.410 e. The van der Waals surface area contributed by atoms with Gasteiger partial charge in [-0.15, -0.1) is 0 Å². The van der Waals surface area contributed by atoms with Gasteiger partial charge in [0.25, 0.3) is 5.69 Å². The minimum absolute atomic E-state index is 0.150. The van der Waals surface area contributed by atoms with Crippen LogP contribution in [0.3, 0.4) is 0 Å². The number of pyridine rings is 1. The summed E-state index contributed by atoms with van der Waals surface area (Å²) in [6.45, 7) is 5.86. The first-order valence-electron chi connectivity index (χ1n) is 7.05. The van der Waals surface area contributed by atoms with E-state index in [1.807, 2.05) is 0 Å². The van der Waals surface area contributed by atoms with E-state index in [9.17, 15) is 19.7 Å². The monoisotopic (exact) mass is 322 g/mol. The largest absolute Gasteiger partial charge is 0.444 e. The molecule has 2 amide bonds. The number of likely N-dealkylation sites (tertiary alicyclic amines) is 1. The fourth-order valence-corrected chi connectivity index (χ4v) is 1.92. The SMILES string of the molecule is CC(C)(C)OC(=O)N1CC(C(=O)Nc2ccc([N+](=O)[O-])cn2)C1. The fourth-order valence-electron chi connectivity index (χ4n) is 1.92. The molecule has 1 N–H and O–H groups in total. The first kappa shape index (κ1) is 16.7. The third kappa shape index (κ3) is 4.38. The normalized spacial score (nSPS) is 14.8. The Balaban J connectivity index is 1.82. The molecule has 2 heterocycles. The highest BCUT2D eigenvalue weighted by Gasteiger charge is 2.37. The molecule has 124 valence electrons. The number of amides is 2. The molecule has 0 aromatic carbocycles. The Morgan fingerprint density at radius 2 is 2.04 bits per heavy atom. The Hall–Kier alpha value is -2.71. The quantitative estimate of drug-likeness (QED) is 0.670. The van der Waals surface area contributed by atoms with Crippen LogP contribution in [0.25, 0.3) is 0 Å². The van der Waals surface area contributed by atoms with Crippen molar-refractivity contribution in [2.24, 2.45) is 5.92 Å². The second kappa shape index (κ2) is 6.19.